The second-order valence-electron chi connectivity index (χ2n) is 8.34. The van der Waals surface area contributed by atoms with Crippen LogP contribution >= 0.6 is 11.3 Å². The number of aromatic nitrogens is 2. The maximum absolute atomic E-state index is 13.2. The highest BCUT2D eigenvalue weighted by Gasteiger charge is 2.23. The fourth-order valence-corrected chi connectivity index (χ4v) is 4.76. The first-order valence-electron chi connectivity index (χ1n) is 10.6. The highest BCUT2D eigenvalue weighted by molar-refractivity contribution is 7.15. The summed E-state index contributed by atoms with van der Waals surface area (Å²) in [5, 5.41) is 2.11. The molecule has 1 amide bonds. The number of hydrogen-bond acceptors (Lipinski definition) is 4. The lowest BCUT2D eigenvalue weighted by Gasteiger charge is -2.26. The largest absolute Gasteiger partial charge is 0.376 e. The number of amides is 1. The lowest BCUT2D eigenvalue weighted by atomic mass is 10.1. The average molecular weight is 430 g/mol. The zero-order chi connectivity index (χ0) is 21.1. The maximum atomic E-state index is 13.2. The lowest BCUT2D eigenvalue weighted by Crippen LogP contribution is -2.39. The molecule has 0 saturated carbocycles. The van der Waals surface area contributed by atoms with Gasteiger partial charge in [-0.3, -0.25) is 9.20 Å². The molecule has 4 rings (SSSR count). The number of nitrogens with zero attached hydrogens (tertiary/aromatic N) is 3. The summed E-state index contributed by atoms with van der Waals surface area (Å²) in [7, 11) is 0. The van der Waals surface area contributed by atoms with Gasteiger partial charge in [0.25, 0.3) is 0 Å². The molecule has 0 radical (unpaired) electrons. The molecule has 1 saturated heterocycles. The zero-order valence-corrected chi connectivity index (χ0v) is 18.3. The molecule has 1 aliphatic heterocycles. The Morgan fingerprint density at radius 2 is 2.17 bits per heavy atom. The summed E-state index contributed by atoms with van der Waals surface area (Å²) in [5.41, 5.74) is 2.85. The van der Waals surface area contributed by atoms with E-state index >= 15 is 0 Å². The van der Waals surface area contributed by atoms with Gasteiger partial charge in [-0.05, 0) is 43.0 Å². The predicted octanol–water partition coefficient (Wildman–Crippen LogP) is 4.80. The zero-order valence-electron chi connectivity index (χ0n) is 17.5. The van der Waals surface area contributed by atoms with E-state index in [1.165, 1.54) is 12.1 Å². The van der Waals surface area contributed by atoms with Gasteiger partial charge >= 0.3 is 0 Å². The van der Waals surface area contributed by atoms with Crippen molar-refractivity contribution in [3.63, 3.8) is 0 Å². The highest BCUT2D eigenvalue weighted by Crippen LogP contribution is 2.24. The average Bonchev–Trinajstić information content (AvgIpc) is 3.43. The standard InChI is InChI=1S/C23H28FN3O2S/c1-16(2)12-22(28)26(13-20-4-3-11-29-20)10-9-19-15-30-23-25-21(14-27(19)23)17-5-7-18(24)8-6-17/h5-8,14-16,20H,3-4,9-13H2,1-2H3. The highest BCUT2D eigenvalue weighted by atomic mass is 32.1. The van der Waals surface area contributed by atoms with Crippen LogP contribution in [0.4, 0.5) is 4.39 Å². The molecule has 1 aromatic carbocycles. The summed E-state index contributed by atoms with van der Waals surface area (Å²) in [6, 6.07) is 6.39. The van der Waals surface area contributed by atoms with Gasteiger partial charge in [0.05, 0.1) is 11.8 Å². The fourth-order valence-electron chi connectivity index (χ4n) is 3.85. The molecule has 7 heteroatoms. The minimum Gasteiger partial charge on any atom is -0.376 e. The van der Waals surface area contributed by atoms with Crippen molar-refractivity contribution < 1.29 is 13.9 Å². The van der Waals surface area contributed by atoms with Gasteiger partial charge in [0, 0.05) is 55.4 Å². The van der Waals surface area contributed by atoms with E-state index in [9.17, 15) is 9.18 Å². The molecule has 2 aromatic heterocycles. The van der Waals surface area contributed by atoms with Crippen LogP contribution in [0, 0.1) is 11.7 Å². The van der Waals surface area contributed by atoms with Crippen molar-refractivity contribution in [3.05, 3.63) is 47.4 Å². The van der Waals surface area contributed by atoms with E-state index in [-0.39, 0.29) is 17.8 Å². The number of halogens is 1. The van der Waals surface area contributed by atoms with E-state index in [2.05, 4.69) is 28.6 Å². The Balaban J connectivity index is 1.48. The Hall–Kier alpha value is -2.25. The summed E-state index contributed by atoms with van der Waals surface area (Å²) in [4.78, 5) is 20.4. The minimum atomic E-state index is -0.252. The topological polar surface area (TPSA) is 46.8 Å². The molecular formula is C23H28FN3O2S. The summed E-state index contributed by atoms with van der Waals surface area (Å²) < 4.78 is 21.1. The third kappa shape index (κ3) is 4.90. The monoisotopic (exact) mass is 429 g/mol. The number of benzene rings is 1. The number of rotatable bonds is 8. The van der Waals surface area contributed by atoms with E-state index in [4.69, 9.17) is 4.74 Å². The van der Waals surface area contributed by atoms with Crippen molar-refractivity contribution >= 4 is 22.2 Å². The Morgan fingerprint density at radius 3 is 2.87 bits per heavy atom. The summed E-state index contributed by atoms with van der Waals surface area (Å²) >= 11 is 1.59. The Kier molecular flexibility index (Phi) is 6.49. The molecule has 30 heavy (non-hydrogen) atoms. The molecule has 1 aliphatic rings. The predicted molar refractivity (Wildman–Crippen MR) is 117 cm³/mol. The Labute approximate surface area is 180 Å². The van der Waals surface area contributed by atoms with Crippen LogP contribution in [0.25, 0.3) is 16.2 Å². The maximum Gasteiger partial charge on any atom is 0.222 e. The third-order valence-electron chi connectivity index (χ3n) is 5.44. The van der Waals surface area contributed by atoms with Crippen LogP contribution < -0.4 is 0 Å². The lowest BCUT2D eigenvalue weighted by molar-refractivity contribution is -0.133. The van der Waals surface area contributed by atoms with Gasteiger partial charge in [-0.15, -0.1) is 11.3 Å². The number of ether oxygens (including phenoxy) is 1. The molecule has 5 nitrogen and oxygen atoms in total. The van der Waals surface area contributed by atoms with Gasteiger partial charge in [-0.2, -0.15) is 0 Å². The molecule has 3 aromatic rings. The third-order valence-corrected chi connectivity index (χ3v) is 6.33. The van der Waals surface area contributed by atoms with Crippen molar-refractivity contribution in [2.45, 2.75) is 45.6 Å². The normalized spacial score (nSPS) is 16.6. The number of hydrogen-bond donors (Lipinski definition) is 0. The smallest absolute Gasteiger partial charge is 0.222 e. The molecule has 0 N–H and O–H groups in total. The van der Waals surface area contributed by atoms with E-state index in [0.29, 0.717) is 25.4 Å². The Morgan fingerprint density at radius 1 is 1.37 bits per heavy atom. The molecular weight excluding hydrogens is 401 g/mol. The molecule has 3 heterocycles. The number of carbonyl (C=O) groups excluding carboxylic acids is 1. The number of thiazole rings is 1. The quantitative estimate of drug-likeness (QED) is 0.517. The van der Waals surface area contributed by atoms with Crippen LogP contribution in [-0.2, 0) is 16.0 Å². The first kappa shape index (κ1) is 21.0. The number of carbonyl (C=O) groups is 1. The molecule has 1 fully saturated rings. The molecule has 0 bridgehead atoms. The van der Waals surface area contributed by atoms with Crippen molar-refractivity contribution in [2.24, 2.45) is 5.92 Å². The van der Waals surface area contributed by atoms with Crippen molar-refractivity contribution in [1.29, 1.82) is 0 Å². The fraction of sp³-hybridized carbons (Fsp3) is 0.478. The number of imidazole rings is 1. The first-order valence-corrected chi connectivity index (χ1v) is 11.5. The van der Waals surface area contributed by atoms with E-state index < -0.39 is 0 Å². The van der Waals surface area contributed by atoms with Crippen LogP contribution in [0.5, 0.6) is 0 Å². The molecule has 1 atom stereocenters. The van der Waals surface area contributed by atoms with E-state index in [1.807, 2.05) is 11.1 Å². The van der Waals surface area contributed by atoms with Gasteiger partial charge in [0.1, 0.15) is 5.82 Å². The van der Waals surface area contributed by atoms with Gasteiger partial charge in [-0.25, -0.2) is 9.37 Å². The van der Waals surface area contributed by atoms with Crippen LogP contribution in [-0.4, -0.2) is 46.0 Å². The van der Waals surface area contributed by atoms with Crippen LogP contribution in [0.2, 0.25) is 0 Å². The molecule has 1 unspecified atom stereocenters. The van der Waals surface area contributed by atoms with Gasteiger partial charge < -0.3 is 9.64 Å². The Bertz CT molecular complexity index is 990. The van der Waals surface area contributed by atoms with Crippen molar-refractivity contribution in [1.82, 2.24) is 14.3 Å². The van der Waals surface area contributed by atoms with Crippen molar-refractivity contribution in [2.75, 3.05) is 19.7 Å². The van der Waals surface area contributed by atoms with Gasteiger partial charge in [0.2, 0.25) is 5.91 Å². The summed E-state index contributed by atoms with van der Waals surface area (Å²) in [5.74, 6) is 0.284. The molecule has 0 spiro atoms. The van der Waals surface area contributed by atoms with Crippen LogP contribution in [0.15, 0.2) is 35.8 Å². The van der Waals surface area contributed by atoms with Gasteiger partial charge in [-0.1, -0.05) is 13.8 Å². The molecule has 160 valence electrons. The van der Waals surface area contributed by atoms with Crippen LogP contribution in [0.3, 0.4) is 0 Å². The second-order valence-corrected chi connectivity index (χ2v) is 9.17. The number of fused-ring (bicyclic) bond motifs is 1. The van der Waals surface area contributed by atoms with E-state index in [0.717, 1.165) is 47.8 Å². The summed E-state index contributed by atoms with van der Waals surface area (Å²) in [6.45, 7) is 6.29. The second kappa shape index (κ2) is 9.27. The molecule has 0 aliphatic carbocycles. The van der Waals surface area contributed by atoms with E-state index in [1.54, 1.807) is 23.5 Å². The van der Waals surface area contributed by atoms with Gasteiger partial charge in [0.15, 0.2) is 4.96 Å². The SMILES string of the molecule is CC(C)CC(=O)N(CCc1csc2nc(-c3ccc(F)cc3)cn12)CC1CCCO1. The first-order chi connectivity index (χ1) is 14.5. The van der Waals surface area contributed by atoms with Crippen molar-refractivity contribution in [3.8, 4) is 11.3 Å². The minimum absolute atomic E-state index is 0.155. The van der Waals surface area contributed by atoms with Crippen LogP contribution in [0.1, 0.15) is 38.8 Å². The summed E-state index contributed by atoms with van der Waals surface area (Å²) in [6.07, 6.45) is 5.57.